The third-order valence-corrected chi connectivity index (χ3v) is 2.28. The molecule has 6 nitrogen and oxygen atoms in total. The van der Waals surface area contributed by atoms with Crippen molar-refractivity contribution in [2.45, 2.75) is 6.42 Å². The summed E-state index contributed by atoms with van der Waals surface area (Å²) < 4.78 is 4.92. The van der Waals surface area contributed by atoms with Gasteiger partial charge in [0.1, 0.15) is 0 Å². The molecule has 0 unspecified atom stereocenters. The quantitative estimate of drug-likeness (QED) is 0.814. The molecule has 0 fully saturated rings. The minimum absolute atomic E-state index is 0.200. The zero-order valence-electron chi connectivity index (χ0n) is 8.96. The van der Waals surface area contributed by atoms with Crippen LogP contribution in [0.4, 0.5) is 0 Å². The molecule has 0 saturated carbocycles. The minimum atomic E-state index is -1.21. The maximum absolute atomic E-state index is 10.7. The number of carboxylic acids is 1. The van der Waals surface area contributed by atoms with E-state index in [0.717, 1.165) is 11.1 Å². The maximum Gasteiger partial charge on any atom is 0.377 e. The molecule has 1 aromatic heterocycles. The van der Waals surface area contributed by atoms with Crippen LogP contribution in [0.25, 0.3) is 11.5 Å². The first-order valence-electron chi connectivity index (χ1n) is 5.07. The van der Waals surface area contributed by atoms with Crippen LogP contribution < -0.4 is 5.73 Å². The van der Waals surface area contributed by atoms with Gasteiger partial charge in [-0.05, 0) is 29.8 Å². The van der Waals surface area contributed by atoms with Crippen LogP contribution in [0.1, 0.15) is 16.2 Å². The van der Waals surface area contributed by atoms with Crippen molar-refractivity contribution in [2.24, 2.45) is 5.73 Å². The molecule has 0 spiro atoms. The van der Waals surface area contributed by atoms with Gasteiger partial charge < -0.3 is 15.4 Å². The number of carbonyl (C=O) groups is 1. The van der Waals surface area contributed by atoms with E-state index in [-0.39, 0.29) is 11.7 Å². The Morgan fingerprint density at radius 3 is 2.82 bits per heavy atom. The Morgan fingerprint density at radius 2 is 2.18 bits per heavy atom. The summed E-state index contributed by atoms with van der Waals surface area (Å²) >= 11 is 0. The fourth-order valence-electron chi connectivity index (χ4n) is 1.52. The standard InChI is InChI=1S/C11H11N3O3/c12-6-5-7-3-1-2-4-8(7)10-13-9(11(15)16)14-17-10/h1-4H,5-6,12H2,(H,15,16). The molecule has 1 aromatic carbocycles. The van der Waals surface area contributed by atoms with Gasteiger partial charge in [0.05, 0.1) is 0 Å². The molecule has 0 atom stereocenters. The fraction of sp³-hybridized carbons (Fsp3) is 0.182. The summed E-state index contributed by atoms with van der Waals surface area (Å²) in [7, 11) is 0. The van der Waals surface area contributed by atoms with Crippen molar-refractivity contribution in [3.8, 4) is 11.5 Å². The SMILES string of the molecule is NCCc1ccccc1-c1nc(C(=O)O)no1. The number of hydrogen-bond acceptors (Lipinski definition) is 5. The van der Waals surface area contributed by atoms with Gasteiger partial charge >= 0.3 is 5.97 Å². The van der Waals surface area contributed by atoms with E-state index in [0.29, 0.717) is 13.0 Å². The van der Waals surface area contributed by atoms with E-state index in [1.165, 1.54) is 0 Å². The number of aromatic nitrogens is 2. The van der Waals surface area contributed by atoms with Gasteiger partial charge in [-0.15, -0.1) is 0 Å². The Labute approximate surface area is 97.1 Å². The summed E-state index contributed by atoms with van der Waals surface area (Å²) in [5.41, 5.74) is 7.17. The molecule has 88 valence electrons. The first-order chi connectivity index (χ1) is 8.22. The second kappa shape index (κ2) is 4.75. The summed E-state index contributed by atoms with van der Waals surface area (Å²) in [6, 6.07) is 7.39. The zero-order chi connectivity index (χ0) is 12.3. The smallest absolute Gasteiger partial charge is 0.377 e. The van der Waals surface area contributed by atoms with Gasteiger partial charge in [0, 0.05) is 5.56 Å². The van der Waals surface area contributed by atoms with Crippen LogP contribution in [0.5, 0.6) is 0 Å². The van der Waals surface area contributed by atoms with Crippen molar-refractivity contribution in [1.29, 1.82) is 0 Å². The van der Waals surface area contributed by atoms with E-state index in [2.05, 4.69) is 10.1 Å². The molecule has 0 radical (unpaired) electrons. The number of rotatable bonds is 4. The van der Waals surface area contributed by atoms with Crippen molar-refractivity contribution in [3.05, 3.63) is 35.7 Å². The molecule has 1 heterocycles. The molecule has 0 aliphatic rings. The number of nitrogens with zero attached hydrogens (tertiary/aromatic N) is 2. The Balaban J connectivity index is 2.41. The van der Waals surface area contributed by atoms with Gasteiger partial charge in [-0.2, -0.15) is 4.98 Å². The minimum Gasteiger partial charge on any atom is -0.475 e. The first kappa shape index (κ1) is 11.3. The van der Waals surface area contributed by atoms with E-state index < -0.39 is 5.97 Å². The third kappa shape index (κ3) is 2.31. The van der Waals surface area contributed by atoms with Gasteiger partial charge in [0.15, 0.2) is 0 Å². The van der Waals surface area contributed by atoms with Crippen LogP contribution in [0.2, 0.25) is 0 Å². The van der Waals surface area contributed by atoms with E-state index >= 15 is 0 Å². The molecular formula is C11H11N3O3. The van der Waals surface area contributed by atoms with Crippen LogP contribution in [0.15, 0.2) is 28.8 Å². The fourth-order valence-corrected chi connectivity index (χ4v) is 1.52. The van der Waals surface area contributed by atoms with Crippen LogP contribution in [0.3, 0.4) is 0 Å². The summed E-state index contributed by atoms with van der Waals surface area (Å²) in [5.74, 6) is -1.36. The molecule has 2 aromatic rings. The molecule has 0 amide bonds. The molecule has 0 saturated heterocycles. The Hall–Kier alpha value is -2.21. The summed E-state index contributed by atoms with van der Waals surface area (Å²) in [4.78, 5) is 14.5. The van der Waals surface area contributed by atoms with Crippen molar-refractivity contribution < 1.29 is 14.4 Å². The predicted molar refractivity (Wildman–Crippen MR) is 59.5 cm³/mol. The molecule has 2 rings (SSSR count). The van der Waals surface area contributed by atoms with Gasteiger partial charge in [0.25, 0.3) is 11.7 Å². The lowest BCUT2D eigenvalue weighted by molar-refractivity contribution is 0.0680. The number of carboxylic acid groups (broad SMARTS) is 1. The van der Waals surface area contributed by atoms with E-state index in [9.17, 15) is 4.79 Å². The summed E-state index contributed by atoms with van der Waals surface area (Å²) in [5, 5.41) is 12.1. The number of benzene rings is 1. The molecule has 0 bridgehead atoms. The van der Waals surface area contributed by atoms with Crippen LogP contribution in [0, 0.1) is 0 Å². The van der Waals surface area contributed by atoms with Crippen molar-refractivity contribution in [2.75, 3.05) is 6.54 Å². The normalized spacial score (nSPS) is 10.4. The highest BCUT2D eigenvalue weighted by molar-refractivity contribution is 5.83. The van der Waals surface area contributed by atoms with Gasteiger partial charge in [-0.1, -0.05) is 18.2 Å². The highest BCUT2D eigenvalue weighted by atomic mass is 16.5. The number of aromatic carboxylic acids is 1. The highest BCUT2D eigenvalue weighted by Gasteiger charge is 2.16. The second-order valence-electron chi connectivity index (χ2n) is 3.42. The van der Waals surface area contributed by atoms with Crippen LogP contribution >= 0.6 is 0 Å². The van der Waals surface area contributed by atoms with Gasteiger partial charge in [-0.25, -0.2) is 4.79 Å². The highest BCUT2D eigenvalue weighted by Crippen LogP contribution is 2.22. The molecule has 0 aliphatic carbocycles. The maximum atomic E-state index is 10.7. The monoisotopic (exact) mass is 233 g/mol. The molecule has 0 aliphatic heterocycles. The molecular weight excluding hydrogens is 222 g/mol. The summed E-state index contributed by atoms with van der Waals surface area (Å²) in [6.45, 7) is 0.497. The van der Waals surface area contributed by atoms with E-state index in [1.54, 1.807) is 6.07 Å². The zero-order valence-corrected chi connectivity index (χ0v) is 8.96. The lowest BCUT2D eigenvalue weighted by Crippen LogP contribution is -2.04. The average Bonchev–Trinajstić information content (AvgIpc) is 2.79. The topological polar surface area (TPSA) is 102 Å². The first-order valence-corrected chi connectivity index (χ1v) is 5.07. The molecule has 17 heavy (non-hydrogen) atoms. The van der Waals surface area contributed by atoms with Crippen LogP contribution in [-0.2, 0) is 6.42 Å². The second-order valence-corrected chi connectivity index (χ2v) is 3.42. The Bertz CT molecular complexity index is 536. The Morgan fingerprint density at radius 1 is 1.41 bits per heavy atom. The van der Waals surface area contributed by atoms with E-state index in [1.807, 2.05) is 18.2 Å². The van der Waals surface area contributed by atoms with Crippen molar-refractivity contribution >= 4 is 5.97 Å². The number of hydrogen-bond donors (Lipinski definition) is 2. The van der Waals surface area contributed by atoms with E-state index in [4.69, 9.17) is 15.4 Å². The predicted octanol–water partition coefficient (Wildman–Crippen LogP) is 0.936. The van der Waals surface area contributed by atoms with Gasteiger partial charge in [0.2, 0.25) is 0 Å². The molecule has 6 heteroatoms. The lowest BCUT2D eigenvalue weighted by atomic mass is 10.0. The van der Waals surface area contributed by atoms with Crippen molar-refractivity contribution in [1.82, 2.24) is 10.1 Å². The van der Waals surface area contributed by atoms with Gasteiger partial charge in [-0.3, -0.25) is 0 Å². The average molecular weight is 233 g/mol. The summed E-state index contributed by atoms with van der Waals surface area (Å²) in [6.07, 6.45) is 0.668. The largest absolute Gasteiger partial charge is 0.475 e. The van der Waals surface area contributed by atoms with Crippen molar-refractivity contribution in [3.63, 3.8) is 0 Å². The Kier molecular flexibility index (Phi) is 3.15. The van der Waals surface area contributed by atoms with Crippen LogP contribution in [-0.4, -0.2) is 27.8 Å². The lowest BCUT2D eigenvalue weighted by Gasteiger charge is -2.03. The number of nitrogens with two attached hydrogens (primary N) is 1. The third-order valence-electron chi connectivity index (χ3n) is 2.28. The molecule has 3 N–H and O–H groups in total.